The zero-order valence-electron chi connectivity index (χ0n) is 9.16. The third kappa shape index (κ3) is 17.6. The molecule has 0 saturated carbocycles. The van der Waals surface area contributed by atoms with Crippen molar-refractivity contribution in [2.75, 3.05) is 5.32 Å². The topological polar surface area (TPSA) is 238 Å². The first-order chi connectivity index (χ1) is 5.18. The molecule has 1 rings (SSSR count). The van der Waals surface area contributed by atoms with Crippen molar-refractivity contribution in [3.8, 4) is 5.75 Å². The zero-order chi connectivity index (χ0) is 8.27. The Morgan fingerprint density at radius 1 is 0.944 bits per heavy atom. The molecule has 0 fully saturated rings. The van der Waals surface area contributed by atoms with Crippen LogP contribution in [0.3, 0.4) is 0 Å². The Bertz CT molecular complexity index is 268. The number of carbonyl (C=O) groups excluding carboxylic acids is 1. The van der Waals surface area contributed by atoms with Crippen LogP contribution in [0.15, 0.2) is 24.3 Å². The summed E-state index contributed by atoms with van der Waals surface area (Å²) in [6.07, 6.45) is 0. The quantitative estimate of drug-likeness (QED) is 0.384. The van der Waals surface area contributed by atoms with E-state index in [0.29, 0.717) is 5.69 Å². The van der Waals surface area contributed by atoms with E-state index in [1.54, 1.807) is 12.1 Å². The first kappa shape index (κ1) is 43.4. The van der Waals surface area contributed by atoms with E-state index in [-0.39, 0.29) is 74.1 Å². The van der Waals surface area contributed by atoms with Crippen molar-refractivity contribution in [3.63, 3.8) is 0 Å². The standard InChI is InChI=1S/C8H9NO2.Na.6H2O.H/c1-6(10)9-7-2-4-8(11)5-3-7;;;;;;;;/h2-5,11H,1H3,(H,9,10);;6*1H2;. The molecule has 18 heavy (non-hydrogen) atoms. The average molecular weight is 283 g/mol. The molecule has 1 aromatic carbocycles. The maximum absolute atomic E-state index is 10.5. The number of hydrogen-bond donors (Lipinski definition) is 2. The van der Waals surface area contributed by atoms with Crippen LogP contribution in [0.5, 0.6) is 5.75 Å². The van der Waals surface area contributed by atoms with Gasteiger partial charge in [0, 0.05) is 12.6 Å². The second-order valence-electron chi connectivity index (χ2n) is 2.23. The fourth-order valence-electron chi connectivity index (χ4n) is 0.748. The Hall–Kier alpha value is -0.750. The SMILES string of the molecule is CC(=O)Nc1ccc(O)cc1.O.O.O.O.O.O.[NaH]. The van der Waals surface area contributed by atoms with Gasteiger partial charge in [0.1, 0.15) is 5.75 Å². The monoisotopic (exact) mass is 283 g/mol. The Labute approximate surface area is 126 Å². The average Bonchev–Trinajstić information content (AvgIpc) is 1.93. The Balaban J connectivity index is -0.0000000346. The number of amides is 1. The van der Waals surface area contributed by atoms with Crippen LogP contribution >= 0.6 is 0 Å². The summed E-state index contributed by atoms with van der Waals surface area (Å²) in [4.78, 5) is 10.5. The van der Waals surface area contributed by atoms with Gasteiger partial charge in [-0.25, -0.2) is 0 Å². The molecule has 1 aromatic rings. The first-order valence-electron chi connectivity index (χ1n) is 3.25. The molecule has 9 nitrogen and oxygen atoms in total. The van der Waals surface area contributed by atoms with Crippen LogP contribution in [-0.4, -0.2) is 73.4 Å². The molecular weight excluding hydrogens is 261 g/mol. The van der Waals surface area contributed by atoms with Crippen molar-refractivity contribution in [2.24, 2.45) is 0 Å². The second kappa shape index (κ2) is 21.5. The van der Waals surface area contributed by atoms with Gasteiger partial charge in [-0.2, -0.15) is 0 Å². The summed E-state index contributed by atoms with van der Waals surface area (Å²) in [5.41, 5.74) is 0.690. The summed E-state index contributed by atoms with van der Waals surface area (Å²) in [6.45, 7) is 1.44. The van der Waals surface area contributed by atoms with E-state index >= 15 is 0 Å². The Morgan fingerprint density at radius 2 is 1.28 bits per heavy atom. The third-order valence-electron chi connectivity index (χ3n) is 1.19. The summed E-state index contributed by atoms with van der Waals surface area (Å²) in [5.74, 6) is 0.0785. The Kier molecular flexibility index (Phi) is 51.8. The number of phenolic OH excluding ortho intramolecular Hbond substituents is 1. The first-order valence-corrected chi connectivity index (χ1v) is 3.25. The Morgan fingerprint density at radius 3 is 1.56 bits per heavy atom. The molecular formula is C8H22NNaO8. The minimum atomic E-state index is -0.115. The molecule has 108 valence electrons. The van der Waals surface area contributed by atoms with Gasteiger partial charge in [0.25, 0.3) is 0 Å². The van der Waals surface area contributed by atoms with Crippen molar-refractivity contribution in [2.45, 2.75) is 6.92 Å². The van der Waals surface area contributed by atoms with Crippen LogP contribution in [0.1, 0.15) is 6.92 Å². The molecule has 0 saturated heterocycles. The molecule has 0 spiro atoms. The van der Waals surface area contributed by atoms with Crippen LogP contribution in [-0.2, 0) is 4.79 Å². The van der Waals surface area contributed by atoms with Crippen molar-refractivity contribution in [1.29, 1.82) is 0 Å². The molecule has 10 heteroatoms. The van der Waals surface area contributed by atoms with E-state index in [9.17, 15) is 4.79 Å². The molecule has 0 bridgehead atoms. The fourth-order valence-corrected chi connectivity index (χ4v) is 0.748. The van der Waals surface area contributed by atoms with Crippen LogP contribution < -0.4 is 5.32 Å². The van der Waals surface area contributed by atoms with Gasteiger partial charge in [-0.15, -0.1) is 0 Å². The van der Waals surface area contributed by atoms with Gasteiger partial charge in [0.05, 0.1) is 0 Å². The van der Waals surface area contributed by atoms with Crippen LogP contribution in [0, 0.1) is 0 Å². The fraction of sp³-hybridized carbons (Fsp3) is 0.125. The summed E-state index contributed by atoms with van der Waals surface area (Å²) in [7, 11) is 0. The predicted octanol–water partition coefficient (Wildman–Crippen LogP) is -4.25. The van der Waals surface area contributed by atoms with Crippen molar-refractivity contribution in [1.82, 2.24) is 0 Å². The van der Waals surface area contributed by atoms with E-state index in [1.807, 2.05) is 0 Å². The van der Waals surface area contributed by atoms with Gasteiger partial charge in [-0.05, 0) is 24.3 Å². The number of phenols is 1. The number of nitrogens with one attached hydrogen (secondary N) is 1. The van der Waals surface area contributed by atoms with Gasteiger partial charge in [0.2, 0.25) is 5.91 Å². The van der Waals surface area contributed by atoms with E-state index in [4.69, 9.17) is 5.11 Å². The van der Waals surface area contributed by atoms with Crippen LogP contribution in [0.2, 0.25) is 0 Å². The third-order valence-corrected chi connectivity index (χ3v) is 1.19. The zero-order valence-corrected chi connectivity index (χ0v) is 9.16. The summed E-state index contributed by atoms with van der Waals surface area (Å²) in [5, 5.41) is 11.5. The number of anilines is 1. The number of hydrogen-bond acceptors (Lipinski definition) is 2. The number of carbonyl (C=O) groups is 1. The van der Waals surface area contributed by atoms with Crippen molar-refractivity contribution < 1.29 is 42.8 Å². The van der Waals surface area contributed by atoms with Crippen molar-refractivity contribution in [3.05, 3.63) is 24.3 Å². The normalized spacial score (nSPS) is 5.61. The molecule has 0 aliphatic rings. The summed E-state index contributed by atoms with van der Waals surface area (Å²) < 4.78 is 0. The van der Waals surface area contributed by atoms with Gasteiger partial charge in [-0.1, -0.05) is 0 Å². The molecule has 0 unspecified atom stereocenters. The molecule has 0 atom stereocenters. The molecule has 0 aliphatic heterocycles. The predicted molar refractivity (Wildman–Crippen MR) is 71.2 cm³/mol. The second-order valence-corrected chi connectivity index (χ2v) is 2.23. The number of benzene rings is 1. The van der Waals surface area contributed by atoms with E-state index in [2.05, 4.69) is 5.32 Å². The molecule has 0 aromatic heterocycles. The van der Waals surface area contributed by atoms with Crippen LogP contribution in [0.25, 0.3) is 0 Å². The van der Waals surface area contributed by atoms with Gasteiger partial charge in [0.15, 0.2) is 0 Å². The van der Waals surface area contributed by atoms with Crippen LogP contribution in [0.4, 0.5) is 5.69 Å². The molecule has 1 amide bonds. The van der Waals surface area contributed by atoms with E-state index < -0.39 is 0 Å². The van der Waals surface area contributed by atoms with E-state index in [0.717, 1.165) is 0 Å². The van der Waals surface area contributed by atoms with Gasteiger partial charge < -0.3 is 43.3 Å². The molecule has 14 N–H and O–H groups in total. The van der Waals surface area contributed by atoms with Crippen molar-refractivity contribution >= 4 is 41.2 Å². The summed E-state index contributed by atoms with van der Waals surface area (Å²) >= 11 is 0. The molecule has 0 aliphatic carbocycles. The maximum atomic E-state index is 10.5. The molecule has 0 heterocycles. The summed E-state index contributed by atoms with van der Waals surface area (Å²) in [6, 6.07) is 6.31. The van der Waals surface area contributed by atoms with Gasteiger partial charge in [-0.3, -0.25) is 4.79 Å². The number of aromatic hydroxyl groups is 1. The number of rotatable bonds is 1. The minimum absolute atomic E-state index is 0. The van der Waals surface area contributed by atoms with Gasteiger partial charge >= 0.3 is 29.6 Å². The molecule has 0 radical (unpaired) electrons. The van der Waals surface area contributed by atoms with E-state index in [1.165, 1.54) is 19.1 Å².